The highest BCUT2D eigenvalue weighted by Crippen LogP contribution is 2.36. The summed E-state index contributed by atoms with van der Waals surface area (Å²) in [7, 11) is 0. The molecule has 0 aromatic heterocycles. The van der Waals surface area contributed by atoms with Crippen molar-refractivity contribution in [3.05, 3.63) is 35.9 Å². The largest absolute Gasteiger partial charge is 0.493 e. The third-order valence-corrected chi connectivity index (χ3v) is 2.75. The summed E-state index contributed by atoms with van der Waals surface area (Å²) in [5.41, 5.74) is 8.56. The minimum atomic E-state index is 0.518. The second-order valence-corrected chi connectivity index (χ2v) is 3.69. The van der Waals surface area contributed by atoms with Gasteiger partial charge in [-0.05, 0) is 30.2 Å². The first-order valence-electron chi connectivity index (χ1n) is 4.94. The van der Waals surface area contributed by atoms with Crippen LogP contribution < -0.4 is 10.5 Å². The number of hydrogen-bond acceptors (Lipinski definition) is 2. The second-order valence-electron chi connectivity index (χ2n) is 3.69. The van der Waals surface area contributed by atoms with Gasteiger partial charge in [0, 0.05) is 17.2 Å². The molecule has 0 saturated carbocycles. The Labute approximate surface area is 84.4 Å². The molecular weight excluding hydrogens is 174 g/mol. The van der Waals surface area contributed by atoms with Crippen molar-refractivity contribution in [3.8, 4) is 5.75 Å². The lowest BCUT2D eigenvalue weighted by molar-refractivity contribution is 0.328. The summed E-state index contributed by atoms with van der Waals surface area (Å²) in [6, 6.07) is 6.04. The van der Waals surface area contributed by atoms with Gasteiger partial charge in [0.25, 0.3) is 0 Å². The molecule has 2 heteroatoms. The van der Waals surface area contributed by atoms with E-state index in [-0.39, 0.29) is 0 Å². The highest BCUT2D eigenvalue weighted by Gasteiger charge is 2.22. The quantitative estimate of drug-likeness (QED) is 0.775. The molecule has 1 aromatic rings. The van der Waals surface area contributed by atoms with E-state index in [0.29, 0.717) is 11.6 Å². The number of nitrogens with two attached hydrogens (primary N) is 1. The van der Waals surface area contributed by atoms with E-state index in [2.05, 4.69) is 19.6 Å². The monoisotopic (exact) mass is 189 g/mol. The predicted molar refractivity (Wildman–Crippen MR) is 58.2 cm³/mol. The number of benzene rings is 1. The smallest absolute Gasteiger partial charge is 0.122 e. The van der Waals surface area contributed by atoms with E-state index in [4.69, 9.17) is 10.5 Å². The van der Waals surface area contributed by atoms with Gasteiger partial charge in [-0.2, -0.15) is 0 Å². The summed E-state index contributed by atoms with van der Waals surface area (Å²) in [5, 5.41) is 0. The summed E-state index contributed by atoms with van der Waals surface area (Å²) >= 11 is 0. The van der Waals surface area contributed by atoms with Gasteiger partial charge in [0.1, 0.15) is 5.75 Å². The van der Waals surface area contributed by atoms with Crippen molar-refractivity contribution in [1.82, 2.24) is 0 Å². The van der Waals surface area contributed by atoms with Gasteiger partial charge in [-0.25, -0.2) is 0 Å². The number of hydrogen-bond donors (Lipinski definition) is 1. The van der Waals surface area contributed by atoms with Crippen LogP contribution >= 0.6 is 0 Å². The number of ether oxygens (including phenoxy) is 1. The van der Waals surface area contributed by atoms with Gasteiger partial charge in [0.15, 0.2) is 0 Å². The minimum absolute atomic E-state index is 0.518. The van der Waals surface area contributed by atoms with Gasteiger partial charge in [0.2, 0.25) is 0 Å². The fourth-order valence-electron chi connectivity index (χ4n) is 1.82. The third kappa shape index (κ3) is 1.37. The van der Waals surface area contributed by atoms with Crippen molar-refractivity contribution < 1.29 is 4.74 Å². The lowest BCUT2D eigenvalue weighted by Gasteiger charge is -2.06. The fourth-order valence-corrected chi connectivity index (χ4v) is 1.82. The Morgan fingerprint density at radius 2 is 2.43 bits per heavy atom. The molecule has 0 saturated heterocycles. The van der Waals surface area contributed by atoms with Gasteiger partial charge in [-0.15, -0.1) is 0 Å². The fraction of sp³-hybridized carbons (Fsp3) is 0.333. The summed E-state index contributed by atoms with van der Waals surface area (Å²) in [6.45, 7) is 6.71. The zero-order valence-electron chi connectivity index (χ0n) is 8.42. The van der Waals surface area contributed by atoms with E-state index >= 15 is 0 Å². The maximum atomic E-state index is 5.66. The van der Waals surface area contributed by atoms with Crippen molar-refractivity contribution in [1.29, 1.82) is 0 Å². The van der Waals surface area contributed by atoms with Crippen LogP contribution in [0.3, 0.4) is 0 Å². The van der Waals surface area contributed by atoms with E-state index in [1.807, 2.05) is 12.1 Å². The predicted octanol–water partition coefficient (Wildman–Crippen LogP) is 2.50. The molecule has 0 bridgehead atoms. The topological polar surface area (TPSA) is 35.2 Å². The maximum Gasteiger partial charge on any atom is 0.122 e. The molecule has 1 aromatic carbocycles. The molecule has 0 spiro atoms. The number of rotatable bonds is 2. The highest BCUT2D eigenvalue weighted by molar-refractivity contribution is 5.63. The first-order valence-corrected chi connectivity index (χ1v) is 4.94. The van der Waals surface area contributed by atoms with Crippen LogP contribution in [-0.4, -0.2) is 6.61 Å². The summed E-state index contributed by atoms with van der Waals surface area (Å²) in [5.74, 6) is 1.52. The summed E-state index contributed by atoms with van der Waals surface area (Å²) in [4.78, 5) is 0. The maximum absolute atomic E-state index is 5.66. The Balaban J connectivity index is 2.42. The Hall–Kier alpha value is -1.44. The van der Waals surface area contributed by atoms with Gasteiger partial charge in [-0.3, -0.25) is 0 Å². The lowest BCUT2D eigenvalue weighted by atomic mass is 9.96. The summed E-state index contributed by atoms with van der Waals surface area (Å²) < 4.78 is 5.57. The van der Waals surface area contributed by atoms with E-state index in [9.17, 15) is 0 Å². The molecule has 1 aliphatic heterocycles. The van der Waals surface area contributed by atoms with Gasteiger partial charge in [-0.1, -0.05) is 13.5 Å². The average molecular weight is 189 g/mol. The van der Waals surface area contributed by atoms with Crippen molar-refractivity contribution in [2.75, 3.05) is 6.61 Å². The molecule has 0 fully saturated rings. The van der Waals surface area contributed by atoms with Crippen LogP contribution in [0, 0.1) is 0 Å². The molecule has 0 radical (unpaired) electrons. The zero-order chi connectivity index (χ0) is 10.1. The molecule has 2 nitrogen and oxygen atoms in total. The molecule has 2 rings (SSSR count). The molecule has 0 amide bonds. The molecule has 1 aliphatic rings. The van der Waals surface area contributed by atoms with E-state index in [1.165, 1.54) is 5.56 Å². The second kappa shape index (κ2) is 3.37. The molecule has 0 aliphatic carbocycles. The first-order chi connectivity index (χ1) is 6.72. The lowest BCUT2D eigenvalue weighted by Crippen LogP contribution is -1.99. The van der Waals surface area contributed by atoms with Crippen molar-refractivity contribution in [2.45, 2.75) is 19.3 Å². The zero-order valence-corrected chi connectivity index (χ0v) is 8.42. The van der Waals surface area contributed by atoms with Gasteiger partial charge >= 0.3 is 0 Å². The summed E-state index contributed by atoms with van der Waals surface area (Å²) in [6.07, 6.45) is 1.10. The third-order valence-electron chi connectivity index (χ3n) is 2.75. The first kappa shape index (κ1) is 9.13. The Kier molecular flexibility index (Phi) is 2.20. The molecular formula is C12H15NO. The standard InChI is InChI=1S/C12H15NO/c1-3-9-7-14-12-5-4-10(8(2)13)6-11(9)12/h4-6,9H,2-3,7,13H2,1H3. The number of fused-ring (bicyclic) bond motifs is 1. The van der Waals surface area contributed by atoms with Crippen LogP contribution in [0.1, 0.15) is 30.4 Å². The average Bonchev–Trinajstić information content (AvgIpc) is 2.59. The van der Waals surface area contributed by atoms with Gasteiger partial charge < -0.3 is 10.5 Å². The molecule has 1 atom stereocenters. The van der Waals surface area contributed by atoms with Gasteiger partial charge in [0.05, 0.1) is 6.61 Å². The van der Waals surface area contributed by atoms with Crippen molar-refractivity contribution >= 4 is 5.70 Å². The molecule has 2 N–H and O–H groups in total. The minimum Gasteiger partial charge on any atom is -0.493 e. The molecule has 74 valence electrons. The molecule has 1 unspecified atom stereocenters. The van der Waals surface area contributed by atoms with Crippen LogP contribution in [0.4, 0.5) is 0 Å². The molecule has 1 heterocycles. The highest BCUT2D eigenvalue weighted by atomic mass is 16.5. The van der Waals surface area contributed by atoms with Crippen LogP contribution in [-0.2, 0) is 0 Å². The SMILES string of the molecule is C=C(N)c1ccc2c(c1)C(CC)CO2. The van der Waals surface area contributed by atoms with Crippen LogP contribution in [0.5, 0.6) is 5.75 Å². The Morgan fingerprint density at radius 3 is 3.07 bits per heavy atom. The van der Waals surface area contributed by atoms with Crippen LogP contribution in [0.2, 0.25) is 0 Å². The van der Waals surface area contributed by atoms with E-state index < -0.39 is 0 Å². The Morgan fingerprint density at radius 1 is 1.64 bits per heavy atom. The van der Waals surface area contributed by atoms with E-state index in [0.717, 1.165) is 24.3 Å². The Bertz CT molecular complexity index is 371. The van der Waals surface area contributed by atoms with Crippen LogP contribution in [0.15, 0.2) is 24.8 Å². The molecule has 14 heavy (non-hydrogen) atoms. The van der Waals surface area contributed by atoms with E-state index in [1.54, 1.807) is 0 Å². The van der Waals surface area contributed by atoms with Crippen molar-refractivity contribution in [2.24, 2.45) is 5.73 Å². The normalized spacial score (nSPS) is 18.8. The van der Waals surface area contributed by atoms with Crippen LogP contribution in [0.25, 0.3) is 5.70 Å². The van der Waals surface area contributed by atoms with Crippen molar-refractivity contribution in [3.63, 3.8) is 0 Å².